The van der Waals surface area contributed by atoms with E-state index in [4.69, 9.17) is 22.3 Å². The maximum Gasteiger partial charge on any atom is 0.326 e. The summed E-state index contributed by atoms with van der Waals surface area (Å²) in [4.78, 5) is 68.4. The van der Waals surface area contributed by atoms with E-state index in [0.29, 0.717) is 0 Å². The lowest BCUT2D eigenvalue weighted by Gasteiger charge is -2.22. The fourth-order valence-electron chi connectivity index (χ4n) is 1.86. The highest BCUT2D eigenvalue weighted by atomic mass is 16.4. The maximum absolute atomic E-state index is 12.1. The molecule has 28 heavy (non-hydrogen) atoms. The van der Waals surface area contributed by atoms with Crippen LogP contribution in [0.1, 0.15) is 19.8 Å². The number of hydrogen-bond acceptors (Lipinski definition) is 8. The molecule has 158 valence electrons. The van der Waals surface area contributed by atoms with E-state index in [1.807, 2.05) is 5.32 Å². The van der Waals surface area contributed by atoms with Gasteiger partial charge >= 0.3 is 5.97 Å². The van der Waals surface area contributed by atoms with Gasteiger partial charge in [0.05, 0.1) is 25.5 Å². The molecule has 5 amide bonds. The zero-order valence-corrected chi connectivity index (χ0v) is 15.0. The van der Waals surface area contributed by atoms with Crippen LogP contribution in [0.25, 0.3) is 0 Å². The zero-order valence-electron chi connectivity index (χ0n) is 15.0. The summed E-state index contributed by atoms with van der Waals surface area (Å²) < 4.78 is 0. The molecule has 0 aromatic heterocycles. The van der Waals surface area contributed by atoms with Crippen LogP contribution in [0.2, 0.25) is 0 Å². The first kappa shape index (κ1) is 24.7. The normalized spacial score (nSPS) is 14.7. The molecule has 0 radical (unpaired) electrons. The number of carboxylic acids is 1. The molecule has 14 nitrogen and oxygen atoms in total. The van der Waals surface area contributed by atoms with Gasteiger partial charge in [-0.15, -0.1) is 0 Å². The molecular weight excluding hydrogens is 380 g/mol. The van der Waals surface area contributed by atoms with E-state index in [1.54, 1.807) is 0 Å². The molecule has 0 aliphatic heterocycles. The van der Waals surface area contributed by atoms with Crippen LogP contribution in [-0.4, -0.2) is 76.5 Å². The van der Waals surface area contributed by atoms with Crippen molar-refractivity contribution in [1.29, 1.82) is 0 Å². The van der Waals surface area contributed by atoms with E-state index in [9.17, 15) is 33.9 Å². The van der Waals surface area contributed by atoms with E-state index < -0.39 is 79.1 Å². The van der Waals surface area contributed by atoms with Gasteiger partial charge in [-0.05, 0) is 6.92 Å². The number of carboxylic acid groups (broad SMARTS) is 1. The van der Waals surface area contributed by atoms with Gasteiger partial charge in [-0.2, -0.15) is 0 Å². The number of amides is 5. The minimum atomic E-state index is -1.65. The summed E-state index contributed by atoms with van der Waals surface area (Å²) in [6.45, 7) is 0.339. The van der Waals surface area contributed by atoms with E-state index in [2.05, 4.69) is 10.6 Å². The minimum Gasteiger partial charge on any atom is -0.480 e. The number of aliphatic hydroxyl groups is 1. The molecular formula is C14H24N6O8. The first-order valence-electron chi connectivity index (χ1n) is 7.96. The van der Waals surface area contributed by atoms with Crippen molar-refractivity contribution >= 4 is 35.5 Å². The summed E-state index contributed by atoms with van der Waals surface area (Å²) in [5, 5.41) is 24.4. The van der Waals surface area contributed by atoms with Crippen LogP contribution in [0.4, 0.5) is 0 Å². The second-order valence-electron chi connectivity index (χ2n) is 5.82. The molecule has 0 saturated heterocycles. The quantitative estimate of drug-likeness (QED) is 0.154. The summed E-state index contributed by atoms with van der Waals surface area (Å²) >= 11 is 0. The van der Waals surface area contributed by atoms with Gasteiger partial charge in [0.2, 0.25) is 29.5 Å². The van der Waals surface area contributed by atoms with Crippen molar-refractivity contribution in [2.45, 2.75) is 43.9 Å². The molecule has 4 unspecified atom stereocenters. The molecule has 0 aliphatic carbocycles. The first-order chi connectivity index (χ1) is 12.9. The lowest BCUT2D eigenvalue weighted by molar-refractivity contribution is -0.144. The number of aliphatic carboxylic acids is 1. The Balaban J connectivity index is 4.85. The van der Waals surface area contributed by atoms with Crippen molar-refractivity contribution < 1.29 is 39.0 Å². The second kappa shape index (κ2) is 11.5. The Morgan fingerprint density at radius 1 is 0.821 bits per heavy atom. The van der Waals surface area contributed by atoms with Gasteiger partial charge in [0.1, 0.15) is 18.1 Å². The molecule has 0 saturated carbocycles. The van der Waals surface area contributed by atoms with Crippen LogP contribution in [0, 0.1) is 0 Å². The summed E-state index contributed by atoms with van der Waals surface area (Å²) in [5.74, 6) is -6.19. The average Bonchev–Trinajstić information content (AvgIpc) is 2.57. The van der Waals surface area contributed by atoms with E-state index >= 15 is 0 Å². The highest BCUT2D eigenvalue weighted by Gasteiger charge is 2.29. The molecule has 4 atom stereocenters. The molecule has 0 bridgehead atoms. The van der Waals surface area contributed by atoms with E-state index in [-0.39, 0.29) is 0 Å². The number of hydrogen-bond donors (Lipinski definition) is 8. The molecule has 0 aromatic carbocycles. The van der Waals surface area contributed by atoms with Gasteiger partial charge in [-0.25, -0.2) is 4.79 Å². The van der Waals surface area contributed by atoms with E-state index in [1.165, 1.54) is 6.92 Å². The largest absolute Gasteiger partial charge is 0.480 e. The monoisotopic (exact) mass is 404 g/mol. The van der Waals surface area contributed by atoms with Gasteiger partial charge in [0.15, 0.2) is 0 Å². The third kappa shape index (κ3) is 8.91. The van der Waals surface area contributed by atoms with Gasteiger partial charge in [0.25, 0.3) is 0 Å². The van der Waals surface area contributed by atoms with Crippen LogP contribution < -0.4 is 33.2 Å². The van der Waals surface area contributed by atoms with Gasteiger partial charge in [0, 0.05) is 0 Å². The predicted molar refractivity (Wildman–Crippen MR) is 91.8 cm³/mol. The molecule has 0 spiro atoms. The smallest absolute Gasteiger partial charge is 0.326 e. The van der Waals surface area contributed by atoms with Crippen molar-refractivity contribution in [3.8, 4) is 0 Å². The number of rotatable bonds is 12. The molecule has 0 aromatic rings. The third-order valence-corrected chi connectivity index (χ3v) is 3.35. The summed E-state index contributed by atoms with van der Waals surface area (Å²) in [7, 11) is 0. The molecule has 0 heterocycles. The number of nitrogens with one attached hydrogen (secondary N) is 3. The number of carbonyl (C=O) groups excluding carboxylic acids is 5. The lowest BCUT2D eigenvalue weighted by atomic mass is 10.1. The van der Waals surface area contributed by atoms with Crippen LogP contribution in [0.5, 0.6) is 0 Å². The molecule has 0 rings (SSSR count). The van der Waals surface area contributed by atoms with Crippen LogP contribution in [0.3, 0.4) is 0 Å². The van der Waals surface area contributed by atoms with Crippen LogP contribution >= 0.6 is 0 Å². The highest BCUT2D eigenvalue weighted by molar-refractivity contribution is 5.95. The Labute approximate surface area is 159 Å². The van der Waals surface area contributed by atoms with E-state index in [0.717, 1.165) is 0 Å². The van der Waals surface area contributed by atoms with Gasteiger partial charge in [-0.1, -0.05) is 0 Å². The number of primary amides is 2. The summed E-state index contributed by atoms with van der Waals surface area (Å²) in [5.41, 5.74) is 15.2. The standard InChI is InChI=1S/C14H24N6O8/c1-5(18-12(25)6(15)2-9(16)22)11(24)20-8(4-21)13(26)19-7(14(27)28)3-10(17)23/h5-8,21H,2-4,15H2,1H3,(H2,16,22)(H2,17,23)(H,18,25)(H,19,26)(H,20,24)(H,27,28). The predicted octanol–water partition coefficient (Wildman–Crippen LogP) is -5.38. The summed E-state index contributed by atoms with van der Waals surface area (Å²) in [6.07, 6.45) is -1.14. The molecule has 14 heteroatoms. The minimum absolute atomic E-state index is 0.446. The Bertz CT molecular complexity index is 639. The van der Waals surface area contributed by atoms with Gasteiger partial charge < -0.3 is 43.4 Å². The molecule has 0 aliphatic rings. The number of aliphatic hydroxyl groups excluding tert-OH is 1. The Morgan fingerprint density at radius 3 is 1.75 bits per heavy atom. The fraction of sp³-hybridized carbons (Fsp3) is 0.571. The van der Waals surface area contributed by atoms with Crippen LogP contribution in [-0.2, 0) is 28.8 Å². The summed E-state index contributed by atoms with van der Waals surface area (Å²) in [6, 6.07) is -5.72. The third-order valence-electron chi connectivity index (χ3n) is 3.35. The SMILES string of the molecule is CC(NC(=O)C(N)CC(N)=O)C(=O)NC(CO)C(=O)NC(CC(N)=O)C(=O)O. The van der Waals surface area contributed by atoms with Crippen molar-refractivity contribution in [1.82, 2.24) is 16.0 Å². The topological polar surface area (TPSA) is 257 Å². The lowest BCUT2D eigenvalue weighted by Crippen LogP contribution is -2.57. The molecule has 11 N–H and O–H groups in total. The van der Waals surface area contributed by atoms with Crippen molar-refractivity contribution in [3.63, 3.8) is 0 Å². The number of carbonyl (C=O) groups is 6. The molecule has 0 fully saturated rings. The highest BCUT2D eigenvalue weighted by Crippen LogP contribution is 1.96. The Morgan fingerprint density at radius 2 is 1.32 bits per heavy atom. The second-order valence-corrected chi connectivity index (χ2v) is 5.82. The van der Waals surface area contributed by atoms with Crippen LogP contribution in [0.15, 0.2) is 0 Å². The van der Waals surface area contributed by atoms with Crippen molar-refractivity contribution in [2.24, 2.45) is 17.2 Å². The average molecular weight is 404 g/mol. The first-order valence-corrected chi connectivity index (χ1v) is 7.96. The number of nitrogens with two attached hydrogens (primary N) is 3. The van der Waals surface area contributed by atoms with Gasteiger partial charge in [-0.3, -0.25) is 24.0 Å². The zero-order chi connectivity index (χ0) is 22.0. The fourth-order valence-corrected chi connectivity index (χ4v) is 1.86. The van der Waals surface area contributed by atoms with Crippen molar-refractivity contribution in [2.75, 3.05) is 6.61 Å². The van der Waals surface area contributed by atoms with Crippen molar-refractivity contribution in [3.05, 3.63) is 0 Å². The Kier molecular flexibility index (Phi) is 10.1. The Hall–Kier alpha value is -3.26. The maximum atomic E-state index is 12.1.